The molecule has 0 amide bonds. The largest absolute Gasteiger partial charge is 0.512 e. The molecule has 2 aromatic heterocycles. The molecule has 0 aliphatic carbocycles. The summed E-state index contributed by atoms with van der Waals surface area (Å²) in [5, 5.41) is 10.8. The number of ether oxygens (including phenoxy) is 3. The van der Waals surface area contributed by atoms with Gasteiger partial charge in [-0.3, -0.25) is 0 Å². The Bertz CT molecular complexity index is 934. The van der Waals surface area contributed by atoms with Gasteiger partial charge in [0.1, 0.15) is 0 Å². The number of nitrogens with one attached hydrogen (secondary N) is 1. The second kappa shape index (κ2) is 7.72. The fraction of sp³-hybridized carbons (Fsp3) is 0.368. The van der Waals surface area contributed by atoms with Crippen molar-refractivity contribution in [1.82, 2.24) is 9.97 Å². The van der Waals surface area contributed by atoms with Gasteiger partial charge in [0, 0.05) is 30.0 Å². The van der Waals surface area contributed by atoms with Gasteiger partial charge in [0.2, 0.25) is 5.88 Å². The van der Waals surface area contributed by atoms with Gasteiger partial charge in [0.15, 0.2) is 0 Å². The van der Waals surface area contributed by atoms with Crippen LogP contribution < -0.4 is 4.74 Å². The summed E-state index contributed by atoms with van der Waals surface area (Å²) < 4.78 is 16.1. The van der Waals surface area contributed by atoms with Gasteiger partial charge in [-0.1, -0.05) is 19.1 Å². The zero-order valence-electron chi connectivity index (χ0n) is 15.0. The average molecular weight is 358 g/mol. The topological polar surface area (TPSA) is 93.7 Å². The van der Waals surface area contributed by atoms with Crippen molar-refractivity contribution in [3.63, 3.8) is 0 Å². The molecule has 0 saturated heterocycles. The molecule has 1 unspecified atom stereocenters. The molecule has 0 fully saturated rings. The lowest BCUT2D eigenvalue weighted by Crippen LogP contribution is -2.08. The third-order valence-corrected chi connectivity index (χ3v) is 4.31. The molecular weight excluding hydrogens is 336 g/mol. The number of methoxy groups -OCH3 is 1. The van der Waals surface area contributed by atoms with Gasteiger partial charge in [-0.25, -0.2) is 9.78 Å². The normalized spacial score (nSPS) is 12.6. The van der Waals surface area contributed by atoms with Crippen molar-refractivity contribution in [2.75, 3.05) is 13.7 Å². The van der Waals surface area contributed by atoms with Gasteiger partial charge in [0.05, 0.1) is 30.0 Å². The Morgan fingerprint density at radius 1 is 1.27 bits per heavy atom. The van der Waals surface area contributed by atoms with Gasteiger partial charge in [0.25, 0.3) is 0 Å². The minimum absolute atomic E-state index is 0.0343. The van der Waals surface area contributed by atoms with Crippen LogP contribution in [0.3, 0.4) is 0 Å². The van der Waals surface area contributed by atoms with Crippen molar-refractivity contribution in [3.8, 4) is 5.88 Å². The Hall–Kier alpha value is -2.64. The summed E-state index contributed by atoms with van der Waals surface area (Å²) >= 11 is 0. The van der Waals surface area contributed by atoms with Crippen molar-refractivity contribution in [2.24, 2.45) is 0 Å². The lowest BCUT2D eigenvalue weighted by molar-refractivity contribution is 0.0609. The summed E-state index contributed by atoms with van der Waals surface area (Å²) in [6.45, 7) is 4.83. The first-order chi connectivity index (χ1) is 12.6. The third kappa shape index (κ3) is 3.23. The molecule has 3 rings (SSSR count). The van der Waals surface area contributed by atoms with E-state index in [4.69, 9.17) is 19.3 Å². The van der Waals surface area contributed by atoms with E-state index in [0.717, 1.165) is 33.8 Å². The highest BCUT2D eigenvalue weighted by molar-refractivity contribution is 6.11. The van der Waals surface area contributed by atoms with Crippen LogP contribution in [-0.4, -0.2) is 34.9 Å². The number of carboxylic acid groups (broad SMARTS) is 1. The van der Waals surface area contributed by atoms with Crippen LogP contribution in [0, 0.1) is 0 Å². The summed E-state index contributed by atoms with van der Waals surface area (Å²) in [5.74, 6) is 0.0343. The molecule has 0 spiro atoms. The van der Waals surface area contributed by atoms with E-state index in [1.807, 2.05) is 25.1 Å². The van der Waals surface area contributed by atoms with E-state index in [0.29, 0.717) is 12.2 Å². The van der Waals surface area contributed by atoms with Gasteiger partial charge in [-0.15, -0.1) is 0 Å². The number of aromatic nitrogens is 2. The highest BCUT2D eigenvalue weighted by atomic mass is 16.7. The lowest BCUT2D eigenvalue weighted by Gasteiger charge is -2.17. The SMILES string of the molecule is CCOC(CC)c1cccc2[nH]c3cnc(OC(=O)O)c(COC)c3c12. The second-order valence-electron chi connectivity index (χ2n) is 5.88. The molecule has 7 heteroatoms. The first-order valence-corrected chi connectivity index (χ1v) is 8.54. The molecule has 2 heterocycles. The van der Waals surface area contributed by atoms with E-state index in [1.165, 1.54) is 0 Å². The molecule has 1 aromatic carbocycles. The van der Waals surface area contributed by atoms with Crippen LogP contribution in [-0.2, 0) is 16.1 Å². The number of benzene rings is 1. The molecular formula is C19H22N2O5. The Balaban J connectivity index is 2.34. The number of H-pyrrole nitrogens is 1. The number of hydrogen-bond acceptors (Lipinski definition) is 5. The van der Waals surface area contributed by atoms with Crippen LogP contribution in [0.2, 0.25) is 0 Å². The summed E-state index contributed by atoms with van der Waals surface area (Å²) in [6.07, 6.45) is 0.936. The molecule has 7 nitrogen and oxygen atoms in total. The predicted octanol–water partition coefficient (Wildman–Crippen LogP) is 4.41. The van der Waals surface area contributed by atoms with Gasteiger partial charge >= 0.3 is 6.16 Å². The van der Waals surface area contributed by atoms with Crippen LogP contribution in [0.25, 0.3) is 21.8 Å². The number of fused-ring (bicyclic) bond motifs is 3. The smallest absolute Gasteiger partial charge is 0.449 e. The maximum absolute atomic E-state index is 11.0. The van der Waals surface area contributed by atoms with Crippen LogP contribution in [0.5, 0.6) is 5.88 Å². The second-order valence-corrected chi connectivity index (χ2v) is 5.88. The Labute approximate surface area is 150 Å². The number of hydrogen-bond donors (Lipinski definition) is 2. The maximum atomic E-state index is 11.0. The Morgan fingerprint density at radius 3 is 2.73 bits per heavy atom. The minimum atomic E-state index is -1.41. The molecule has 0 saturated carbocycles. The van der Waals surface area contributed by atoms with Crippen molar-refractivity contribution >= 4 is 28.0 Å². The zero-order valence-corrected chi connectivity index (χ0v) is 15.0. The average Bonchev–Trinajstić information content (AvgIpc) is 3.00. The molecule has 1 atom stereocenters. The van der Waals surface area contributed by atoms with Crippen LogP contribution in [0.4, 0.5) is 4.79 Å². The van der Waals surface area contributed by atoms with Gasteiger partial charge in [-0.05, 0) is 25.0 Å². The van der Waals surface area contributed by atoms with Crippen LogP contribution >= 0.6 is 0 Å². The first-order valence-electron chi connectivity index (χ1n) is 8.54. The van der Waals surface area contributed by atoms with Crippen molar-refractivity contribution in [2.45, 2.75) is 33.0 Å². The van der Waals surface area contributed by atoms with E-state index < -0.39 is 6.16 Å². The quantitative estimate of drug-likeness (QED) is 0.608. The monoisotopic (exact) mass is 358 g/mol. The lowest BCUT2D eigenvalue weighted by atomic mass is 9.98. The van der Waals surface area contributed by atoms with Gasteiger partial charge in [-0.2, -0.15) is 0 Å². The number of carbonyl (C=O) groups is 1. The van der Waals surface area contributed by atoms with Crippen molar-refractivity contribution < 1.29 is 24.1 Å². The fourth-order valence-electron chi connectivity index (χ4n) is 3.36. The van der Waals surface area contributed by atoms with E-state index >= 15 is 0 Å². The Kier molecular flexibility index (Phi) is 5.39. The molecule has 26 heavy (non-hydrogen) atoms. The molecule has 0 radical (unpaired) electrons. The number of aromatic amines is 1. The number of nitrogens with zero attached hydrogens (tertiary/aromatic N) is 1. The molecule has 0 aliphatic rings. The molecule has 0 aliphatic heterocycles. The highest BCUT2D eigenvalue weighted by Crippen LogP contribution is 2.38. The van der Waals surface area contributed by atoms with E-state index in [2.05, 4.69) is 16.9 Å². The Morgan fingerprint density at radius 2 is 2.08 bits per heavy atom. The number of rotatable bonds is 7. The predicted molar refractivity (Wildman–Crippen MR) is 97.6 cm³/mol. The third-order valence-electron chi connectivity index (χ3n) is 4.31. The first kappa shape index (κ1) is 18.2. The highest BCUT2D eigenvalue weighted by Gasteiger charge is 2.21. The summed E-state index contributed by atoms with van der Waals surface area (Å²) in [6, 6.07) is 5.99. The van der Waals surface area contributed by atoms with E-state index in [1.54, 1.807) is 13.3 Å². The fourth-order valence-corrected chi connectivity index (χ4v) is 3.36. The minimum Gasteiger partial charge on any atom is -0.449 e. The van der Waals surface area contributed by atoms with Crippen molar-refractivity contribution in [1.29, 1.82) is 0 Å². The van der Waals surface area contributed by atoms with Crippen LogP contribution in [0.1, 0.15) is 37.5 Å². The van der Waals surface area contributed by atoms with E-state index in [-0.39, 0.29) is 18.6 Å². The van der Waals surface area contributed by atoms with E-state index in [9.17, 15) is 4.79 Å². The summed E-state index contributed by atoms with van der Waals surface area (Å²) in [7, 11) is 1.55. The molecule has 138 valence electrons. The molecule has 2 N–H and O–H groups in total. The molecule has 0 bridgehead atoms. The van der Waals surface area contributed by atoms with Crippen LogP contribution in [0.15, 0.2) is 24.4 Å². The van der Waals surface area contributed by atoms with Crippen molar-refractivity contribution in [3.05, 3.63) is 35.5 Å². The standard InChI is InChI=1S/C19H22N2O5/c1-4-15(25-5-2)11-7-6-8-13-16(11)17-12(10-24-3)18(26-19(22)23)20-9-14(17)21-13/h6-9,15,21H,4-5,10H2,1-3H3,(H,22,23). The maximum Gasteiger partial charge on any atom is 0.512 e. The van der Waals surface area contributed by atoms with Gasteiger partial charge < -0.3 is 24.3 Å². The summed E-state index contributed by atoms with van der Waals surface area (Å²) in [5.41, 5.74) is 3.37. The zero-order chi connectivity index (χ0) is 18.7. The number of pyridine rings is 1. The summed E-state index contributed by atoms with van der Waals surface area (Å²) in [4.78, 5) is 18.5. The molecule has 3 aromatic rings.